The largest absolute Gasteiger partial charge is 0.497 e. The van der Waals surface area contributed by atoms with Crippen LogP contribution in [0.4, 0.5) is 4.79 Å². The van der Waals surface area contributed by atoms with Crippen LogP contribution in [0.1, 0.15) is 36.9 Å². The van der Waals surface area contributed by atoms with E-state index in [-0.39, 0.29) is 5.76 Å². The minimum absolute atomic E-state index is 0.000182. The van der Waals surface area contributed by atoms with Gasteiger partial charge >= 0.3 is 12.0 Å². The molecule has 0 unspecified atom stereocenters. The Bertz CT molecular complexity index is 847. The number of furan rings is 1. The summed E-state index contributed by atoms with van der Waals surface area (Å²) in [5.74, 6) is -0.898. The molecule has 0 aliphatic heterocycles. The molecule has 0 aliphatic carbocycles. The molecule has 0 saturated carbocycles. The van der Waals surface area contributed by atoms with Gasteiger partial charge in [-0.3, -0.25) is 10.1 Å². The highest BCUT2D eigenvalue weighted by Gasteiger charge is 2.21. The highest BCUT2D eigenvalue weighted by atomic mass is 16.5. The Morgan fingerprint density at radius 1 is 1.19 bits per heavy atom. The predicted molar refractivity (Wildman–Crippen MR) is 94.2 cm³/mol. The summed E-state index contributed by atoms with van der Waals surface area (Å²) < 4.78 is 15.6. The van der Waals surface area contributed by atoms with Gasteiger partial charge in [0.25, 0.3) is 5.91 Å². The van der Waals surface area contributed by atoms with E-state index in [2.05, 4.69) is 10.6 Å². The van der Waals surface area contributed by atoms with Gasteiger partial charge in [-0.2, -0.15) is 0 Å². The van der Waals surface area contributed by atoms with E-state index in [0.29, 0.717) is 22.3 Å². The Morgan fingerprint density at radius 2 is 1.88 bits per heavy atom. The average molecular weight is 362 g/mol. The number of ether oxygens (including phenoxy) is 2. The van der Waals surface area contributed by atoms with E-state index in [9.17, 15) is 14.4 Å². The number of carbonyl (C=O) groups is 3. The zero-order chi connectivity index (χ0) is 19.5. The molecule has 8 heteroatoms. The van der Waals surface area contributed by atoms with Gasteiger partial charge < -0.3 is 19.2 Å². The number of aryl methyl sites for hydroxylation is 1. The normalized spacial score (nSPS) is 11.1. The summed E-state index contributed by atoms with van der Waals surface area (Å²) in [6.07, 6.45) is 0. The van der Waals surface area contributed by atoms with Gasteiger partial charge in [-0.25, -0.2) is 9.59 Å². The molecule has 1 heterocycles. The van der Waals surface area contributed by atoms with Crippen molar-refractivity contribution in [3.8, 4) is 5.75 Å². The number of carbonyl (C=O) groups excluding carboxylic acids is 3. The molecule has 0 spiro atoms. The molecule has 26 heavy (non-hydrogen) atoms. The summed E-state index contributed by atoms with van der Waals surface area (Å²) >= 11 is 0. The number of hydrogen-bond acceptors (Lipinski definition) is 6. The van der Waals surface area contributed by atoms with Crippen molar-refractivity contribution >= 4 is 28.9 Å². The van der Waals surface area contributed by atoms with Crippen LogP contribution in [0.2, 0.25) is 0 Å². The van der Waals surface area contributed by atoms with E-state index >= 15 is 0 Å². The lowest BCUT2D eigenvalue weighted by Gasteiger charge is -2.20. The first-order valence-electron chi connectivity index (χ1n) is 7.97. The van der Waals surface area contributed by atoms with Crippen LogP contribution in [-0.2, 0) is 9.53 Å². The van der Waals surface area contributed by atoms with Gasteiger partial charge in [0, 0.05) is 16.5 Å². The van der Waals surface area contributed by atoms with Crippen molar-refractivity contribution in [2.75, 3.05) is 13.7 Å². The van der Waals surface area contributed by atoms with Crippen molar-refractivity contribution in [1.82, 2.24) is 10.6 Å². The molecule has 0 aliphatic rings. The zero-order valence-electron chi connectivity index (χ0n) is 15.4. The van der Waals surface area contributed by atoms with E-state index < -0.39 is 30.1 Å². The van der Waals surface area contributed by atoms with Crippen LogP contribution in [0.3, 0.4) is 0 Å². The molecule has 0 saturated heterocycles. The lowest BCUT2D eigenvalue weighted by molar-refractivity contribution is -0.123. The first-order valence-corrected chi connectivity index (χ1v) is 7.97. The van der Waals surface area contributed by atoms with Crippen LogP contribution in [-0.4, -0.2) is 37.2 Å². The Labute approximate surface area is 150 Å². The lowest BCUT2D eigenvalue weighted by atomic mass is 10.1. The summed E-state index contributed by atoms with van der Waals surface area (Å²) in [5.41, 5.74) is 0.590. The van der Waals surface area contributed by atoms with Gasteiger partial charge in [0.2, 0.25) is 5.76 Å². The van der Waals surface area contributed by atoms with Gasteiger partial charge in [0.1, 0.15) is 11.3 Å². The number of esters is 1. The van der Waals surface area contributed by atoms with Crippen molar-refractivity contribution in [3.05, 3.63) is 29.5 Å². The van der Waals surface area contributed by atoms with Crippen LogP contribution in [0.5, 0.6) is 5.75 Å². The number of benzene rings is 1. The quantitative estimate of drug-likeness (QED) is 0.810. The Balaban J connectivity index is 2.00. The highest BCUT2D eigenvalue weighted by Crippen LogP contribution is 2.29. The van der Waals surface area contributed by atoms with Crippen LogP contribution in [0.15, 0.2) is 22.6 Å². The Kier molecular flexibility index (Phi) is 5.54. The van der Waals surface area contributed by atoms with Crippen molar-refractivity contribution in [2.45, 2.75) is 33.2 Å². The number of urea groups is 1. The molecular formula is C18H22N2O6. The second-order valence-corrected chi connectivity index (χ2v) is 6.75. The minimum Gasteiger partial charge on any atom is -0.497 e. The third-order valence-corrected chi connectivity index (χ3v) is 3.40. The monoisotopic (exact) mass is 362 g/mol. The second-order valence-electron chi connectivity index (χ2n) is 6.75. The highest BCUT2D eigenvalue weighted by molar-refractivity contribution is 5.99. The van der Waals surface area contributed by atoms with Crippen LogP contribution in [0, 0.1) is 6.92 Å². The van der Waals surface area contributed by atoms with Gasteiger partial charge in [-0.1, -0.05) is 0 Å². The second kappa shape index (κ2) is 7.47. The molecule has 0 atom stereocenters. The van der Waals surface area contributed by atoms with Gasteiger partial charge in [0.05, 0.1) is 7.11 Å². The molecule has 2 aromatic rings. The molecule has 3 amide bonds. The number of fused-ring (bicyclic) bond motifs is 1. The molecular weight excluding hydrogens is 340 g/mol. The van der Waals surface area contributed by atoms with Gasteiger partial charge in [-0.15, -0.1) is 0 Å². The maximum Gasteiger partial charge on any atom is 0.375 e. The standard InChI is InChI=1S/C18H22N2O6/c1-10-12-8-11(24-5)6-7-13(12)26-15(10)16(22)25-9-14(21)19-17(23)20-18(2,3)4/h6-8H,9H2,1-5H3,(H2,19,20,21,23). The number of hydrogen-bond donors (Lipinski definition) is 2. The third kappa shape index (κ3) is 4.75. The molecule has 8 nitrogen and oxygen atoms in total. The molecule has 0 bridgehead atoms. The number of imide groups is 1. The fraction of sp³-hybridized carbons (Fsp3) is 0.389. The summed E-state index contributed by atoms with van der Waals surface area (Å²) in [4.78, 5) is 35.5. The summed E-state index contributed by atoms with van der Waals surface area (Å²) in [6.45, 7) is 6.43. The minimum atomic E-state index is -0.788. The first kappa shape index (κ1) is 19.3. The smallest absolute Gasteiger partial charge is 0.375 e. The van der Waals surface area contributed by atoms with Crippen LogP contribution >= 0.6 is 0 Å². The van der Waals surface area contributed by atoms with E-state index in [0.717, 1.165) is 0 Å². The van der Waals surface area contributed by atoms with E-state index in [1.54, 1.807) is 53.0 Å². The van der Waals surface area contributed by atoms with Crippen LogP contribution in [0.25, 0.3) is 11.0 Å². The number of amides is 3. The first-order chi connectivity index (χ1) is 12.1. The fourth-order valence-corrected chi connectivity index (χ4v) is 2.25. The SMILES string of the molecule is COc1ccc2oc(C(=O)OCC(=O)NC(=O)NC(C)(C)C)c(C)c2c1. The van der Waals surface area contributed by atoms with E-state index in [1.165, 1.54) is 0 Å². The van der Waals surface area contributed by atoms with Crippen LogP contribution < -0.4 is 15.4 Å². The number of methoxy groups -OCH3 is 1. The summed E-state index contributed by atoms with van der Waals surface area (Å²) in [5, 5.41) is 5.36. The van der Waals surface area contributed by atoms with Crippen molar-refractivity contribution < 1.29 is 28.3 Å². The molecule has 2 N–H and O–H groups in total. The predicted octanol–water partition coefficient (Wildman–Crippen LogP) is 2.53. The van der Waals surface area contributed by atoms with E-state index in [1.807, 2.05) is 0 Å². The zero-order valence-corrected chi connectivity index (χ0v) is 15.4. The lowest BCUT2D eigenvalue weighted by Crippen LogP contribution is -2.49. The maximum absolute atomic E-state index is 12.2. The van der Waals surface area contributed by atoms with Crippen molar-refractivity contribution in [1.29, 1.82) is 0 Å². The molecule has 1 aromatic carbocycles. The average Bonchev–Trinajstić information content (AvgIpc) is 2.87. The third-order valence-electron chi connectivity index (χ3n) is 3.40. The maximum atomic E-state index is 12.2. The number of rotatable bonds is 4. The van der Waals surface area contributed by atoms with Crippen molar-refractivity contribution in [3.63, 3.8) is 0 Å². The number of nitrogens with one attached hydrogen (secondary N) is 2. The van der Waals surface area contributed by atoms with Gasteiger partial charge in [-0.05, 0) is 45.9 Å². The Hall–Kier alpha value is -3.03. The molecule has 140 valence electrons. The molecule has 2 rings (SSSR count). The molecule has 0 fully saturated rings. The van der Waals surface area contributed by atoms with Crippen molar-refractivity contribution in [2.24, 2.45) is 0 Å². The molecule has 1 aromatic heterocycles. The molecule has 0 radical (unpaired) electrons. The van der Waals surface area contributed by atoms with E-state index in [4.69, 9.17) is 13.9 Å². The summed E-state index contributed by atoms with van der Waals surface area (Å²) in [7, 11) is 1.54. The fourth-order valence-electron chi connectivity index (χ4n) is 2.25. The Morgan fingerprint density at radius 3 is 2.50 bits per heavy atom. The summed E-state index contributed by atoms with van der Waals surface area (Å²) in [6, 6.07) is 4.48. The van der Waals surface area contributed by atoms with Gasteiger partial charge in [0.15, 0.2) is 6.61 Å². The topological polar surface area (TPSA) is 107 Å².